The fourth-order valence-corrected chi connectivity index (χ4v) is 1.28. The van der Waals surface area contributed by atoms with Gasteiger partial charge in [0.2, 0.25) is 0 Å². The molecular weight excluding hydrogens is 217 g/mol. The minimum absolute atomic E-state index is 0.00852. The van der Waals surface area contributed by atoms with E-state index < -0.39 is 10.7 Å². The third kappa shape index (κ3) is 1.70. The Hall–Kier alpha value is -2.44. The van der Waals surface area contributed by atoms with Crippen molar-refractivity contribution in [1.29, 1.82) is 0 Å². The van der Waals surface area contributed by atoms with Crippen LogP contribution < -0.4 is 5.73 Å². The number of hydrogen-bond donors (Lipinski definition) is 1. The van der Waals surface area contributed by atoms with Gasteiger partial charge in [-0.3, -0.25) is 10.1 Å². The molecule has 0 atom stereocenters. The largest absolute Gasteiger partial charge is 0.423 e. The van der Waals surface area contributed by atoms with Gasteiger partial charge in [-0.15, -0.1) is 0 Å². The standard InChI is InChI=1S/C9H6FN3O3/c10-5-1-2-7(13(14)15)6(3-5)8-4-12-9(11)16-8/h1-4H,(H2,11,12). The van der Waals surface area contributed by atoms with Crippen molar-refractivity contribution in [2.24, 2.45) is 0 Å². The average Bonchev–Trinajstić information content (AvgIpc) is 2.64. The van der Waals surface area contributed by atoms with Crippen LogP contribution in [0.2, 0.25) is 0 Å². The first-order chi connectivity index (χ1) is 7.58. The van der Waals surface area contributed by atoms with E-state index in [1.54, 1.807) is 0 Å². The van der Waals surface area contributed by atoms with Crippen LogP contribution in [0, 0.1) is 15.9 Å². The number of nitrogens with two attached hydrogens (primary N) is 1. The number of nitrogens with zero attached hydrogens (tertiary/aromatic N) is 2. The molecule has 2 aromatic rings. The van der Waals surface area contributed by atoms with Gasteiger partial charge in [0.1, 0.15) is 5.82 Å². The summed E-state index contributed by atoms with van der Waals surface area (Å²) in [6.07, 6.45) is 1.21. The van der Waals surface area contributed by atoms with Crippen LogP contribution in [0.5, 0.6) is 0 Å². The molecule has 0 saturated heterocycles. The van der Waals surface area contributed by atoms with Crippen LogP contribution >= 0.6 is 0 Å². The van der Waals surface area contributed by atoms with Crippen molar-refractivity contribution in [2.45, 2.75) is 0 Å². The van der Waals surface area contributed by atoms with E-state index in [0.29, 0.717) is 0 Å². The fraction of sp³-hybridized carbons (Fsp3) is 0. The lowest BCUT2D eigenvalue weighted by atomic mass is 10.1. The first-order valence-corrected chi connectivity index (χ1v) is 4.23. The van der Waals surface area contributed by atoms with Crippen LogP contribution in [0.15, 0.2) is 28.8 Å². The van der Waals surface area contributed by atoms with Crippen molar-refractivity contribution < 1.29 is 13.7 Å². The van der Waals surface area contributed by atoms with Crippen LogP contribution in [0.3, 0.4) is 0 Å². The predicted octanol–water partition coefficient (Wildman–Crippen LogP) is 1.97. The van der Waals surface area contributed by atoms with E-state index in [2.05, 4.69) is 4.98 Å². The quantitative estimate of drug-likeness (QED) is 0.620. The van der Waals surface area contributed by atoms with Crippen LogP contribution in [0.1, 0.15) is 0 Å². The Kier molecular flexibility index (Phi) is 2.28. The van der Waals surface area contributed by atoms with Crippen LogP contribution in [0.4, 0.5) is 16.1 Å². The molecule has 0 unspecified atom stereocenters. The molecule has 0 amide bonds. The summed E-state index contributed by atoms with van der Waals surface area (Å²) in [7, 11) is 0. The van der Waals surface area contributed by atoms with E-state index in [-0.39, 0.29) is 23.0 Å². The van der Waals surface area contributed by atoms with Gasteiger partial charge >= 0.3 is 0 Å². The van der Waals surface area contributed by atoms with Gasteiger partial charge in [-0.25, -0.2) is 9.37 Å². The molecule has 7 heteroatoms. The molecule has 6 nitrogen and oxygen atoms in total. The van der Waals surface area contributed by atoms with Gasteiger partial charge in [-0.2, -0.15) is 0 Å². The molecule has 0 aliphatic heterocycles. The van der Waals surface area contributed by atoms with Gasteiger partial charge in [0, 0.05) is 6.07 Å². The molecule has 16 heavy (non-hydrogen) atoms. The van der Waals surface area contributed by atoms with E-state index in [1.807, 2.05) is 0 Å². The van der Waals surface area contributed by atoms with Crippen molar-refractivity contribution in [2.75, 3.05) is 5.73 Å². The zero-order chi connectivity index (χ0) is 11.7. The van der Waals surface area contributed by atoms with Crippen LogP contribution in [-0.4, -0.2) is 9.91 Å². The number of benzene rings is 1. The number of nitro benzene ring substituents is 1. The first-order valence-electron chi connectivity index (χ1n) is 4.23. The van der Waals surface area contributed by atoms with Crippen molar-refractivity contribution in [1.82, 2.24) is 4.98 Å². The van der Waals surface area contributed by atoms with E-state index in [1.165, 1.54) is 6.20 Å². The van der Waals surface area contributed by atoms with Crippen molar-refractivity contribution in [3.63, 3.8) is 0 Å². The number of anilines is 1. The summed E-state index contributed by atoms with van der Waals surface area (Å²) in [4.78, 5) is 13.7. The molecular formula is C9H6FN3O3. The monoisotopic (exact) mass is 223 g/mol. The summed E-state index contributed by atoms with van der Waals surface area (Å²) in [6, 6.07) is 2.93. The highest BCUT2D eigenvalue weighted by molar-refractivity contribution is 5.69. The molecule has 0 spiro atoms. The number of nitrogen functional groups attached to an aromatic ring is 1. The van der Waals surface area contributed by atoms with Gasteiger partial charge in [0.05, 0.1) is 16.7 Å². The van der Waals surface area contributed by atoms with Gasteiger partial charge in [0.25, 0.3) is 11.7 Å². The second-order valence-corrected chi connectivity index (χ2v) is 2.98. The molecule has 0 fully saturated rings. The van der Waals surface area contributed by atoms with E-state index in [0.717, 1.165) is 18.2 Å². The highest BCUT2D eigenvalue weighted by Crippen LogP contribution is 2.31. The molecule has 2 rings (SSSR count). The van der Waals surface area contributed by atoms with Gasteiger partial charge in [-0.1, -0.05) is 0 Å². The Balaban J connectivity index is 2.62. The zero-order valence-electron chi connectivity index (χ0n) is 7.88. The highest BCUT2D eigenvalue weighted by atomic mass is 19.1. The Morgan fingerprint density at radius 3 is 2.81 bits per heavy atom. The molecule has 1 aromatic heterocycles. The third-order valence-electron chi connectivity index (χ3n) is 1.94. The van der Waals surface area contributed by atoms with Crippen LogP contribution in [0.25, 0.3) is 11.3 Å². The summed E-state index contributed by atoms with van der Waals surface area (Å²) in [5.74, 6) is -0.542. The maximum atomic E-state index is 13.0. The lowest BCUT2D eigenvalue weighted by Crippen LogP contribution is -1.92. The molecule has 0 aliphatic carbocycles. The number of halogens is 1. The number of hydrogen-bond acceptors (Lipinski definition) is 5. The molecule has 0 radical (unpaired) electrons. The highest BCUT2D eigenvalue weighted by Gasteiger charge is 2.19. The molecule has 1 heterocycles. The Bertz CT molecular complexity index is 553. The maximum Gasteiger partial charge on any atom is 0.292 e. The topological polar surface area (TPSA) is 95.2 Å². The molecule has 1 aromatic carbocycles. The van der Waals surface area contributed by atoms with Gasteiger partial charge in [-0.05, 0) is 12.1 Å². The summed E-state index contributed by atoms with van der Waals surface area (Å²) in [5, 5.41) is 10.7. The smallest absolute Gasteiger partial charge is 0.292 e. The lowest BCUT2D eigenvalue weighted by Gasteiger charge is -1.98. The van der Waals surface area contributed by atoms with Crippen molar-refractivity contribution in [3.8, 4) is 11.3 Å². The minimum Gasteiger partial charge on any atom is -0.423 e. The summed E-state index contributed by atoms with van der Waals surface area (Å²) in [6.45, 7) is 0. The molecule has 0 bridgehead atoms. The number of oxazole rings is 1. The summed E-state index contributed by atoms with van der Waals surface area (Å²) in [5.41, 5.74) is 4.98. The maximum absolute atomic E-state index is 13.0. The fourth-order valence-electron chi connectivity index (χ4n) is 1.28. The first kappa shape index (κ1) is 10.1. The number of nitro groups is 1. The SMILES string of the molecule is Nc1ncc(-c2cc(F)ccc2[N+](=O)[O-])o1. The van der Waals surface area contributed by atoms with E-state index >= 15 is 0 Å². The summed E-state index contributed by atoms with van der Waals surface area (Å²) >= 11 is 0. The second-order valence-electron chi connectivity index (χ2n) is 2.98. The average molecular weight is 223 g/mol. The lowest BCUT2D eigenvalue weighted by molar-refractivity contribution is -0.384. The summed E-state index contributed by atoms with van der Waals surface area (Å²) < 4.78 is 17.9. The number of aromatic nitrogens is 1. The minimum atomic E-state index is -0.631. The Labute approximate surface area is 88.7 Å². The predicted molar refractivity (Wildman–Crippen MR) is 53.0 cm³/mol. The Morgan fingerprint density at radius 2 is 2.25 bits per heavy atom. The van der Waals surface area contributed by atoms with E-state index in [4.69, 9.17) is 10.2 Å². The van der Waals surface area contributed by atoms with E-state index in [9.17, 15) is 14.5 Å². The normalized spacial score (nSPS) is 10.3. The van der Waals surface area contributed by atoms with Gasteiger partial charge < -0.3 is 10.2 Å². The third-order valence-corrected chi connectivity index (χ3v) is 1.94. The Morgan fingerprint density at radius 1 is 1.50 bits per heavy atom. The number of rotatable bonds is 2. The molecule has 0 aliphatic rings. The molecule has 2 N–H and O–H groups in total. The van der Waals surface area contributed by atoms with Crippen molar-refractivity contribution >= 4 is 11.7 Å². The molecule has 82 valence electrons. The van der Waals surface area contributed by atoms with Crippen molar-refractivity contribution in [3.05, 3.63) is 40.3 Å². The zero-order valence-corrected chi connectivity index (χ0v) is 7.88. The van der Waals surface area contributed by atoms with Crippen LogP contribution in [-0.2, 0) is 0 Å². The van der Waals surface area contributed by atoms with Gasteiger partial charge in [0.15, 0.2) is 5.76 Å². The second kappa shape index (κ2) is 3.61. The molecule has 0 saturated carbocycles.